The number of carbonyl (C=O) groups is 2. The SMILES string of the molecule is CCCN(C(=O)OC(C)(C)C)C(CCc1nc2ccccc2n1CCC)C(=O)NOCc1ccccc1. The van der Waals surface area contributed by atoms with E-state index in [-0.39, 0.29) is 12.5 Å². The van der Waals surface area contributed by atoms with Gasteiger partial charge in [-0.1, -0.05) is 56.3 Å². The number of para-hydroxylation sites is 2. The molecule has 3 aromatic rings. The number of hydrogen-bond acceptors (Lipinski definition) is 5. The summed E-state index contributed by atoms with van der Waals surface area (Å²) in [7, 11) is 0. The van der Waals surface area contributed by atoms with Crippen molar-refractivity contribution in [1.82, 2.24) is 19.9 Å². The summed E-state index contributed by atoms with van der Waals surface area (Å²) in [4.78, 5) is 38.5. The monoisotopic (exact) mass is 508 g/mol. The Hall–Kier alpha value is -3.39. The molecule has 8 heteroatoms. The first-order valence-corrected chi connectivity index (χ1v) is 13.1. The van der Waals surface area contributed by atoms with Crippen LogP contribution >= 0.6 is 0 Å². The molecule has 2 aromatic carbocycles. The van der Waals surface area contributed by atoms with Crippen molar-refractivity contribution >= 4 is 23.0 Å². The molecule has 200 valence electrons. The van der Waals surface area contributed by atoms with Gasteiger partial charge in [-0.05, 0) is 57.7 Å². The molecule has 0 radical (unpaired) electrons. The molecule has 0 spiro atoms. The van der Waals surface area contributed by atoms with Crippen molar-refractivity contribution in [2.24, 2.45) is 0 Å². The van der Waals surface area contributed by atoms with Crippen LogP contribution in [-0.2, 0) is 33.9 Å². The number of benzene rings is 2. The highest BCUT2D eigenvalue weighted by Crippen LogP contribution is 2.21. The van der Waals surface area contributed by atoms with E-state index in [4.69, 9.17) is 14.6 Å². The van der Waals surface area contributed by atoms with Crippen molar-refractivity contribution in [3.63, 3.8) is 0 Å². The molecule has 0 bridgehead atoms. The molecular formula is C29H40N4O4. The summed E-state index contributed by atoms with van der Waals surface area (Å²) in [6, 6.07) is 16.9. The second kappa shape index (κ2) is 13.2. The van der Waals surface area contributed by atoms with Gasteiger partial charge >= 0.3 is 6.09 Å². The maximum Gasteiger partial charge on any atom is 0.410 e. The van der Waals surface area contributed by atoms with E-state index in [9.17, 15) is 9.59 Å². The molecule has 0 saturated carbocycles. The number of hydrogen-bond donors (Lipinski definition) is 1. The van der Waals surface area contributed by atoms with E-state index in [0.717, 1.165) is 35.4 Å². The molecule has 1 aromatic heterocycles. The molecule has 0 aliphatic rings. The van der Waals surface area contributed by atoms with Crippen LogP contribution in [0.2, 0.25) is 0 Å². The predicted molar refractivity (Wildman–Crippen MR) is 145 cm³/mol. The fourth-order valence-electron chi connectivity index (χ4n) is 4.25. The molecule has 0 aliphatic heterocycles. The van der Waals surface area contributed by atoms with Gasteiger partial charge in [0, 0.05) is 19.5 Å². The summed E-state index contributed by atoms with van der Waals surface area (Å²) in [5, 5.41) is 0. The lowest BCUT2D eigenvalue weighted by molar-refractivity contribution is -0.140. The first-order chi connectivity index (χ1) is 17.7. The molecule has 8 nitrogen and oxygen atoms in total. The van der Waals surface area contributed by atoms with Gasteiger partial charge in [0.2, 0.25) is 0 Å². The van der Waals surface area contributed by atoms with Crippen molar-refractivity contribution in [2.45, 2.75) is 85.1 Å². The zero-order valence-corrected chi connectivity index (χ0v) is 22.7. The van der Waals surface area contributed by atoms with Gasteiger partial charge in [-0.3, -0.25) is 14.5 Å². The number of ether oxygens (including phenoxy) is 1. The number of fused-ring (bicyclic) bond motifs is 1. The minimum Gasteiger partial charge on any atom is -0.444 e. The largest absolute Gasteiger partial charge is 0.444 e. The Morgan fingerprint density at radius 2 is 1.73 bits per heavy atom. The number of rotatable bonds is 12. The Kier molecular flexibility index (Phi) is 10.1. The lowest BCUT2D eigenvalue weighted by atomic mass is 10.1. The molecule has 0 aliphatic carbocycles. The Morgan fingerprint density at radius 3 is 2.41 bits per heavy atom. The lowest BCUT2D eigenvalue weighted by Crippen LogP contribution is -2.51. The fourth-order valence-corrected chi connectivity index (χ4v) is 4.25. The van der Waals surface area contributed by atoms with E-state index in [1.54, 1.807) is 0 Å². The average Bonchev–Trinajstić information content (AvgIpc) is 3.20. The Morgan fingerprint density at radius 1 is 1.03 bits per heavy atom. The van der Waals surface area contributed by atoms with Crippen LogP contribution in [0.5, 0.6) is 0 Å². The number of aromatic nitrogens is 2. The Bertz CT molecular complexity index is 1150. The number of carbonyl (C=O) groups excluding carboxylic acids is 2. The molecule has 0 fully saturated rings. The Labute approximate surface area is 219 Å². The van der Waals surface area contributed by atoms with Crippen LogP contribution in [-0.4, -0.2) is 44.6 Å². The van der Waals surface area contributed by atoms with Crippen LogP contribution in [0.4, 0.5) is 4.79 Å². The number of hydroxylamine groups is 1. The third-order valence-corrected chi connectivity index (χ3v) is 5.85. The number of amides is 2. The predicted octanol–water partition coefficient (Wildman–Crippen LogP) is 5.64. The highest BCUT2D eigenvalue weighted by atomic mass is 16.7. The quantitative estimate of drug-likeness (QED) is 0.320. The maximum absolute atomic E-state index is 13.4. The summed E-state index contributed by atoms with van der Waals surface area (Å²) in [5.74, 6) is 0.514. The molecule has 1 unspecified atom stereocenters. The zero-order valence-electron chi connectivity index (χ0n) is 22.7. The minimum absolute atomic E-state index is 0.228. The van der Waals surface area contributed by atoms with Crippen molar-refractivity contribution in [3.8, 4) is 0 Å². The number of imidazole rings is 1. The summed E-state index contributed by atoms with van der Waals surface area (Å²) in [6.07, 6.45) is 2.04. The fraction of sp³-hybridized carbons (Fsp3) is 0.483. The van der Waals surface area contributed by atoms with Gasteiger partial charge in [0.15, 0.2) is 0 Å². The highest BCUT2D eigenvalue weighted by molar-refractivity contribution is 5.85. The van der Waals surface area contributed by atoms with Gasteiger partial charge in [0.1, 0.15) is 17.5 Å². The van der Waals surface area contributed by atoms with E-state index in [2.05, 4.69) is 23.0 Å². The van der Waals surface area contributed by atoms with Crippen molar-refractivity contribution < 1.29 is 19.2 Å². The van der Waals surface area contributed by atoms with Crippen LogP contribution in [0, 0.1) is 0 Å². The summed E-state index contributed by atoms with van der Waals surface area (Å²) in [5.41, 5.74) is 4.83. The molecule has 2 amide bonds. The maximum atomic E-state index is 13.4. The smallest absolute Gasteiger partial charge is 0.410 e. The minimum atomic E-state index is -0.777. The van der Waals surface area contributed by atoms with Gasteiger partial charge in [-0.2, -0.15) is 0 Å². The second-order valence-electron chi connectivity index (χ2n) is 10.1. The van der Waals surface area contributed by atoms with E-state index >= 15 is 0 Å². The summed E-state index contributed by atoms with van der Waals surface area (Å²) >= 11 is 0. The molecule has 1 N–H and O–H groups in total. The average molecular weight is 509 g/mol. The third kappa shape index (κ3) is 8.05. The molecule has 1 heterocycles. The van der Waals surface area contributed by atoms with E-state index < -0.39 is 17.7 Å². The molecule has 37 heavy (non-hydrogen) atoms. The van der Waals surface area contributed by atoms with Crippen molar-refractivity contribution in [1.29, 1.82) is 0 Å². The van der Waals surface area contributed by atoms with Crippen LogP contribution in [0.1, 0.15) is 65.3 Å². The Balaban J connectivity index is 1.82. The van der Waals surface area contributed by atoms with Crippen LogP contribution in [0.3, 0.4) is 0 Å². The van der Waals surface area contributed by atoms with E-state index in [0.29, 0.717) is 25.8 Å². The zero-order chi connectivity index (χ0) is 26.8. The van der Waals surface area contributed by atoms with Gasteiger partial charge in [0.05, 0.1) is 17.6 Å². The number of nitrogens with one attached hydrogen (secondary N) is 1. The second-order valence-corrected chi connectivity index (χ2v) is 10.1. The molecule has 1 atom stereocenters. The van der Waals surface area contributed by atoms with Gasteiger partial charge < -0.3 is 9.30 Å². The van der Waals surface area contributed by atoms with E-state index in [1.165, 1.54) is 4.90 Å². The molecular weight excluding hydrogens is 468 g/mol. The highest BCUT2D eigenvalue weighted by Gasteiger charge is 2.33. The summed E-state index contributed by atoms with van der Waals surface area (Å²) < 4.78 is 7.87. The van der Waals surface area contributed by atoms with Crippen LogP contribution in [0.15, 0.2) is 54.6 Å². The van der Waals surface area contributed by atoms with Gasteiger partial charge in [-0.25, -0.2) is 15.3 Å². The summed E-state index contributed by atoms with van der Waals surface area (Å²) in [6.45, 7) is 11.0. The van der Waals surface area contributed by atoms with Crippen molar-refractivity contribution in [2.75, 3.05) is 6.54 Å². The topological polar surface area (TPSA) is 85.7 Å². The molecule has 3 rings (SSSR count). The normalized spacial score (nSPS) is 12.4. The van der Waals surface area contributed by atoms with Crippen LogP contribution in [0.25, 0.3) is 11.0 Å². The van der Waals surface area contributed by atoms with Gasteiger partial charge in [0.25, 0.3) is 5.91 Å². The number of aryl methyl sites for hydroxylation is 2. The van der Waals surface area contributed by atoms with Crippen molar-refractivity contribution in [3.05, 3.63) is 66.0 Å². The van der Waals surface area contributed by atoms with E-state index in [1.807, 2.05) is 76.2 Å². The van der Waals surface area contributed by atoms with Crippen LogP contribution < -0.4 is 5.48 Å². The van der Waals surface area contributed by atoms with Gasteiger partial charge in [-0.15, -0.1) is 0 Å². The third-order valence-electron chi connectivity index (χ3n) is 5.85. The molecule has 0 saturated heterocycles. The number of nitrogens with zero attached hydrogens (tertiary/aromatic N) is 3. The standard InChI is InChI=1S/C29H40N4O4/c1-6-19-32-24-16-12-11-15-23(24)30-26(32)18-17-25(33(20-7-2)28(35)37-29(3,4)5)27(34)31-36-21-22-13-9-8-10-14-22/h8-16,25H,6-7,17-21H2,1-5H3,(H,31,34). The lowest BCUT2D eigenvalue weighted by Gasteiger charge is -2.32. The first kappa shape index (κ1) is 28.2. The first-order valence-electron chi connectivity index (χ1n) is 13.1.